The summed E-state index contributed by atoms with van der Waals surface area (Å²) in [5.74, 6) is 1.41. The third-order valence-electron chi connectivity index (χ3n) is 3.10. The lowest BCUT2D eigenvalue weighted by atomic mass is 10.2. The lowest BCUT2D eigenvalue weighted by molar-refractivity contribution is -0.141. The zero-order valence-electron chi connectivity index (χ0n) is 13.1. The molecule has 0 spiro atoms. The van der Waals surface area contributed by atoms with E-state index in [1.165, 1.54) is 0 Å². The van der Waals surface area contributed by atoms with E-state index in [0.717, 1.165) is 11.5 Å². The molecule has 0 bridgehead atoms. The Morgan fingerprint density at radius 1 is 1.33 bits per heavy atom. The third-order valence-corrected chi connectivity index (χ3v) is 3.10. The largest absolute Gasteiger partial charge is 0.486 e. The van der Waals surface area contributed by atoms with E-state index >= 15 is 0 Å². The van der Waals surface area contributed by atoms with Gasteiger partial charge in [-0.15, -0.1) is 0 Å². The van der Waals surface area contributed by atoms with Crippen LogP contribution in [0.4, 0.5) is 0 Å². The van der Waals surface area contributed by atoms with Gasteiger partial charge >= 0.3 is 0 Å². The van der Waals surface area contributed by atoms with Gasteiger partial charge in [0.1, 0.15) is 13.2 Å². The summed E-state index contributed by atoms with van der Waals surface area (Å²) in [6.07, 6.45) is -0.163. The zero-order chi connectivity index (χ0) is 15.5. The number of para-hydroxylation sites is 2. The molecule has 0 aliphatic carbocycles. The first-order chi connectivity index (χ1) is 9.85. The summed E-state index contributed by atoms with van der Waals surface area (Å²) < 4.78 is 17.0. The average Bonchev–Trinajstić information content (AvgIpc) is 2.43. The van der Waals surface area contributed by atoms with Crippen LogP contribution < -0.4 is 9.47 Å². The first-order valence-electron chi connectivity index (χ1n) is 7.11. The lowest BCUT2D eigenvalue weighted by Gasteiger charge is -2.30. The Bertz CT molecular complexity index is 495. The van der Waals surface area contributed by atoms with Crippen molar-refractivity contribution in [1.29, 1.82) is 0 Å². The monoisotopic (exact) mass is 293 g/mol. The van der Waals surface area contributed by atoms with Gasteiger partial charge in [0.15, 0.2) is 17.6 Å². The number of benzene rings is 1. The van der Waals surface area contributed by atoms with Crippen molar-refractivity contribution < 1.29 is 19.0 Å². The number of ether oxygens (including phenoxy) is 3. The van der Waals surface area contributed by atoms with Gasteiger partial charge in [0.05, 0.1) is 12.1 Å². The summed E-state index contributed by atoms with van der Waals surface area (Å²) in [6, 6.07) is 7.54. The van der Waals surface area contributed by atoms with Gasteiger partial charge < -0.3 is 19.1 Å². The predicted molar refractivity (Wildman–Crippen MR) is 79.7 cm³/mol. The average molecular weight is 293 g/mol. The van der Waals surface area contributed by atoms with Crippen LogP contribution in [0.15, 0.2) is 24.3 Å². The van der Waals surface area contributed by atoms with Crippen molar-refractivity contribution in [1.82, 2.24) is 4.90 Å². The number of amides is 1. The third kappa shape index (κ3) is 4.63. The molecule has 0 N–H and O–H groups in total. The van der Waals surface area contributed by atoms with Crippen molar-refractivity contribution in [2.24, 2.45) is 0 Å². The maximum Gasteiger partial charge on any atom is 0.248 e. The molecule has 1 aromatic rings. The molecule has 0 saturated heterocycles. The second-order valence-electron chi connectivity index (χ2n) is 6.17. The summed E-state index contributed by atoms with van der Waals surface area (Å²) in [5, 5.41) is 0. The van der Waals surface area contributed by atoms with Gasteiger partial charge in [-0.1, -0.05) is 12.1 Å². The molecule has 0 aromatic heterocycles. The molecule has 0 radical (unpaired) electrons. The number of nitrogens with zero attached hydrogens (tertiary/aromatic N) is 1. The summed E-state index contributed by atoms with van der Waals surface area (Å²) >= 11 is 0. The molecule has 1 heterocycles. The smallest absolute Gasteiger partial charge is 0.248 e. The van der Waals surface area contributed by atoms with Gasteiger partial charge in [-0.05, 0) is 32.9 Å². The molecule has 116 valence electrons. The molecule has 1 amide bonds. The highest BCUT2D eigenvalue weighted by molar-refractivity contribution is 5.77. The van der Waals surface area contributed by atoms with Gasteiger partial charge in [-0.2, -0.15) is 0 Å². The van der Waals surface area contributed by atoms with E-state index < -0.39 is 0 Å². The topological polar surface area (TPSA) is 48.0 Å². The molecule has 1 aromatic carbocycles. The van der Waals surface area contributed by atoms with Crippen molar-refractivity contribution >= 4 is 5.91 Å². The molecule has 0 saturated carbocycles. The van der Waals surface area contributed by atoms with Crippen molar-refractivity contribution in [3.05, 3.63) is 24.3 Å². The zero-order valence-corrected chi connectivity index (χ0v) is 13.1. The number of likely N-dealkylation sites (N-methyl/N-ethyl adjacent to an activating group) is 1. The summed E-state index contributed by atoms with van der Waals surface area (Å²) in [6.45, 7) is 6.76. The van der Waals surface area contributed by atoms with Crippen LogP contribution in [0.2, 0.25) is 0 Å². The molecule has 21 heavy (non-hydrogen) atoms. The Labute approximate surface area is 125 Å². The Morgan fingerprint density at radius 2 is 2.00 bits per heavy atom. The van der Waals surface area contributed by atoms with Crippen molar-refractivity contribution in [3.63, 3.8) is 0 Å². The molecule has 2 rings (SSSR count). The van der Waals surface area contributed by atoms with Crippen LogP contribution in [0.25, 0.3) is 0 Å². The van der Waals surface area contributed by atoms with E-state index in [4.69, 9.17) is 14.2 Å². The quantitative estimate of drug-likeness (QED) is 0.853. The second-order valence-corrected chi connectivity index (χ2v) is 6.17. The molecule has 5 nitrogen and oxygen atoms in total. The highest BCUT2D eigenvalue weighted by atomic mass is 16.6. The Balaban J connectivity index is 1.84. The van der Waals surface area contributed by atoms with Crippen LogP contribution in [-0.4, -0.2) is 49.3 Å². The van der Waals surface area contributed by atoms with Crippen molar-refractivity contribution in [3.8, 4) is 11.5 Å². The number of hydrogen-bond acceptors (Lipinski definition) is 4. The molecular weight excluding hydrogens is 270 g/mol. The standard InChI is InChI=1S/C16H23NO4/c1-16(2,3)20-11-15(18)17(4)9-12-10-19-13-7-5-6-8-14(13)21-12/h5-8,12H,9-11H2,1-4H3. The fourth-order valence-corrected chi connectivity index (χ4v) is 1.95. The van der Waals surface area contributed by atoms with E-state index in [0.29, 0.717) is 13.2 Å². The number of carbonyl (C=O) groups is 1. The highest BCUT2D eigenvalue weighted by Crippen LogP contribution is 2.30. The Kier molecular flexibility index (Phi) is 4.73. The summed E-state index contributed by atoms with van der Waals surface area (Å²) in [5.41, 5.74) is -0.320. The molecule has 0 fully saturated rings. The second kappa shape index (κ2) is 6.35. The molecule has 1 unspecified atom stereocenters. The van der Waals surface area contributed by atoms with E-state index in [2.05, 4.69) is 0 Å². The van der Waals surface area contributed by atoms with Gasteiger partial charge in [0.25, 0.3) is 0 Å². The fourth-order valence-electron chi connectivity index (χ4n) is 1.95. The Morgan fingerprint density at radius 3 is 2.67 bits per heavy atom. The highest BCUT2D eigenvalue weighted by Gasteiger charge is 2.24. The molecule has 5 heteroatoms. The summed E-state index contributed by atoms with van der Waals surface area (Å²) in [7, 11) is 1.75. The van der Waals surface area contributed by atoms with E-state index in [1.54, 1.807) is 11.9 Å². The number of rotatable bonds is 4. The first kappa shape index (κ1) is 15.6. The maximum atomic E-state index is 12.0. The minimum Gasteiger partial charge on any atom is -0.486 e. The van der Waals surface area contributed by atoms with Crippen molar-refractivity contribution in [2.45, 2.75) is 32.5 Å². The SMILES string of the molecule is CN(CC1COc2ccccc2O1)C(=O)COC(C)(C)C. The maximum absolute atomic E-state index is 12.0. The summed E-state index contributed by atoms with van der Waals surface area (Å²) in [4.78, 5) is 13.6. The van der Waals surface area contributed by atoms with Crippen LogP contribution in [-0.2, 0) is 9.53 Å². The van der Waals surface area contributed by atoms with Gasteiger partial charge in [0.2, 0.25) is 5.91 Å². The molecule has 1 atom stereocenters. The normalized spacial score (nSPS) is 17.4. The van der Waals surface area contributed by atoms with E-state index in [1.807, 2.05) is 45.0 Å². The van der Waals surface area contributed by atoms with Gasteiger partial charge in [-0.25, -0.2) is 0 Å². The first-order valence-corrected chi connectivity index (χ1v) is 7.11. The number of carbonyl (C=O) groups excluding carboxylic acids is 1. The lowest BCUT2D eigenvalue weighted by Crippen LogP contribution is -2.43. The molecule has 1 aliphatic rings. The molecular formula is C16H23NO4. The van der Waals surface area contributed by atoms with Crippen LogP contribution >= 0.6 is 0 Å². The molecule has 1 aliphatic heterocycles. The van der Waals surface area contributed by atoms with Crippen molar-refractivity contribution in [2.75, 3.05) is 26.8 Å². The Hall–Kier alpha value is -1.75. The van der Waals surface area contributed by atoms with E-state index in [9.17, 15) is 4.79 Å². The minimum atomic E-state index is -0.320. The predicted octanol–water partition coefficient (Wildman–Crippen LogP) is 2.10. The van der Waals surface area contributed by atoms with Crippen LogP contribution in [0.5, 0.6) is 11.5 Å². The number of fused-ring (bicyclic) bond motifs is 1. The van der Waals surface area contributed by atoms with E-state index in [-0.39, 0.29) is 24.2 Å². The van der Waals surface area contributed by atoms with Gasteiger partial charge in [0, 0.05) is 7.05 Å². The number of hydrogen-bond donors (Lipinski definition) is 0. The minimum absolute atomic E-state index is 0.0626. The van der Waals surface area contributed by atoms with Crippen LogP contribution in [0.3, 0.4) is 0 Å². The fraction of sp³-hybridized carbons (Fsp3) is 0.562. The van der Waals surface area contributed by atoms with Gasteiger partial charge in [-0.3, -0.25) is 4.79 Å². The van der Waals surface area contributed by atoms with Crippen LogP contribution in [0.1, 0.15) is 20.8 Å². The van der Waals surface area contributed by atoms with Crippen LogP contribution in [0, 0.1) is 0 Å².